The van der Waals surface area contributed by atoms with Crippen LogP contribution in [-0.2, 0) is 47.8 Å². The molecule has 2 unspecified atom stereocenters. The van der Waals surface area contributed by atoms with Crippen LogP contribution >= 0.6 is 31.9 Å². The number of para-hydroxylation sites is 2. The molecule has 12 nitrogen and oxygen atoms in total. The molecule has 2 saturated heterocycles. The number of likely N-dealkylation sites (tertiary alicyclic amines) is 1. The summed E-state index contributed by atoms with van der Waals surface area (Å²) < 4.78 is 23.7. The number of ether oxygens (including phenoxy) is 4. The van der Waals surface area contributed by atoms with Crippen molar-refractivity contribution in [2.75, 3.05) is 52.6 Å². The first-order valence-corrected chi connectivity index (χ1v) is 25.7. The lowest BCUT2D eigenvalue weighted by molar-refractivity contribution is -0.144. The predicted octanol–water partition coefficient (Wildman–Crippen LogP) is 11.0. The fourth-order valence-electron chi connectivity index (χ4n) is 10.7. The Labute approximate surface area is 418 Å². The number of carbonyl (C=O) groups is 3. The molecule has 0 bridgehead atoms. The maximum atomic E-state index is 12.9. The second-order valence-electron chi connectivity index (χ2n) is 17.7. The number of piperidine rings is 2. The van der Waals surface area contributed by atoms with Gasteiger partial charge in [0.05, 0.1) is 45.8 Å². The maximum absolute atomic E-state index is 12.9. The van der Waals surface area contributed by atoms with Gasteiger partial charge in [0.2, 0.25) is 6.08 Å². The minimum atomic E-state index is -0.139. The van der Waals surface area contributed by atoms with Gasteiger partial charge >= 0.3 is 18.0 Å². The van der Waals surface area contributed by atoms with Gasteiger partial charge in [-0.05, 0) is 143 Å². The fraction of sp³-hybridized carbons (Fsp3) is 0.481. The van der Waals surface area contributed by atoms with Crippen LogP contribution in [-0.4, -0.2) is 81.6 Å². The monoisotopic (exact) mass is 1060 g/mol. The molecular formula is C54H66Br2N4O8. The first kappa shape index (κ1) is 52.4. The number of hydrogen-bond donors (Lipinski definition) is 2. The molecular weight excluding hydrogens is 992 g/mol. The molecule has 8 rings (SSSR count). The van der Waals surface area contributed by atoms with E-state index in [-0.39, 0.29) is 34.7 Å². The molecule has 4 aliphatic rings. The number of esters is 2. The summed E-state index contributed by atoms with van der Waals surface area (Å²) in [5.74, 6) is 1.84. The molecule has 2 atom stereocenters. The molecule has 4 aromatic carbocycles. The predicted molar refractivity (Wildman–Crippen MR) is 271 cm³/mol. The van der Waals surface area contributed by atoms with Crippen molar-refractivity contribution in [2.24, 2.45) is 4.99 Å². The molecule has 4 aromatic rings. The van der Waals surface area contributed by atoms with Crippen LogP contribution in [0.3, 0.4) is 0 Å². The lowest BCUT2D eigenvalue weighted by Gasteiger charge is -2.40. The third-order valence-corrected chi connectivity index (χ3v) is 14.9. The van der Waals surface area contributed by atoms with Gasteiger partial charge in [0.15, 0.2) is 0 Å². The first-order chi connectivity index (χ1) is 33.0. The van der Waals surface area contributed by atoms with Crippen molar-refractivity contribution in [2.45, 2.75) is 115 Å². The molecule has 14 heteroatoms. The van der Waals surface area contributed by atoms with E-state index in [2.05, 4.69) is 77.8 Å². The van der Waals surface area contributed by atoms with Crippen molar-refractivity contribution in [3.63, 3.8) is 0 Å². The Bertz CT molecular complexity index is 2370. The summed E-state index contributed by atoms with van der Waals surface area (Å²) in [6.07, 6.45) is 8.48. The van der Waals surface area contributed by atoms with Crippen molar-refractivity contribution >= 4 is 55.9 Å². The lowest BCUT2D eigenvalue weighted by atomic mass is 9.73. The van der Waals surface area contributed by atoms with Crippen LogP contribution in [0.15, 0.2) is 98.9 Å². The second-order valence-corrected chi connectivity index (χ2v) is 19.4. The lowest BCUT2D eigenvalue weighted by Crippen LogP contribution is -2.48. The van der Waals surface area contributed by atoms with Gasteiger partial charge in [-0.3, -0.25) is 9.59 Å². The van der Waals surface area contributed by atoms with Gasteiger partial charge in [0.25, 0.3) is 0 Å². The fourth-order valence-corrected chi connectivity index (χ4v) is 12.3. The van der Waals surface area contributed by atoms with E-state index in [0.717, 1.165) is 78.7 Å². The minimum absolute atomic E-state index is 0.0229. The zero-order valence-corrected chi connectivity index (χ0v) is 43.1. The number of fused-ring (bicyclic) bond motifs is 4. The Kier molecular flexibility index (Phi) is 19.7. The summed E-state index contributed by atoms with van der Waals surface area (Å²) in [4.78, 5) is 52.4. The second kappa shape index (κ2) is 25.6. The van der Waals surface area contributed by atoms with E-state index >= 15 is 0 Å². The molecule has 2 amide bonds. The molecule has 364 valence electrons. The highest BCUT2D eigenvalue weighted by Crippen LogP contribution is 2.56. The highest BCUT2D eigenvalue weighted by Gasteiger charge is 2.48. The number of carbonyl (C=O) groups excluding carboxylic acids is 4. The Morgan fingerprint density at radius 3 is 1.66 bits per heavy atom. The van der Waals surface area contributed by atoms with E-state index in [9.17, 15) is 19.2 Å². The summed E-state index contributed by atoms with van der Waals surface area (Å²) in [6, 6.07) is 28.0. The molecule has 2 fully saturated rings. The number of rotatable bonds is 14. The Balaban J connectivity index is 0.000000189. The van der Waals surface area contributed by atoms with Gasteiger partial charge in [-0.2, -0.15) is 0 Å². The van der Waals surface area contributed by atoms with Crippen molar-refractivity contribution < 1.29 is 38.1 Å². The number of amides is 2. The van der Waals surface area contributed by atoms with Crippen LogP contribution in [0.25, 0.3) is 0 Å². The molecule has 0 aromatic heterocycles. The van der Waals surface area contributed by atoms with Gasteiger partial charge < -0.3 is 34.5 Å². The Morgan fingerprint density at radius 1 is 0.676 bits per heavy atom. The average Bonchev–Trinajstić information content (AvgIpc) is 3.80. The number of isocyanates is 1. The molecule has 0 saturated carbocycles. The summed E-state index contributed by atoms with van der Waals surface area (Å²) in [5.41, 5.74) is 7.44. The van der Waals surface area contributed by atoms with Gasteiger partial charge in [-0.1, -0.05) is 92.5 Å². The molecule has 2 spiro atoms. The number of nitrogens with zero attached hydrogens (tertiary/aromatic N) is 2. The van der Waals surface area contributed by atoms with Crippen molar-refractivity contribution in [1.29, 1.82) is 0 Å². The van der Waals surface area contributed by atoms with Crippen molar-refractivity contribution in [3.05, 3.63) is 127 Å². The Morgan fingerprint density at radius 2 is 1.16 bits per heavy atom. The van der Waals surface area contributed by atoms with E-state index in [1.54, 1.807) is 0 Å². The van der Waals surface area contributed by atoms with E-state index in [0.29, 0.717) is 71.4 Å². The summed E-state index contributed by atoms with van der Waals surface area (Å²) in [6.45, 7) is 13.9. The average molecular weight is 1060 g/mol. The topological polar surface area (TPSA) is 145 Å². The summed E-state index contributed by atoms with van der Waals surface area (Å²) >= 11 is 7.52. The third kappa shape index (κ3) is 13.0. The maximum Gasteiger partial charge on any atom is 0.317 e. The largest absolute Gasteiger partial charge is 0.494 e. The summed E-state index contributed by atoms with van der Waals surface area (Å²) in [5, 5.41) is 6.52. The van der Waals surface area contributed by atoms with E-state index in [1.165, 1.54) is 32.8 Å². The number of urea groups is 1. The smallest absolute Gasteiger partial charge is 0.317 e. The van der Waals surface area contributed by atoms with Gasteiger partial charge in [-0.15, -0.1) is 0 Å². The standard InChI is InChI=1S/C27H33BrN2O4.C17H22BrNO2.C10H11NO2/c1-3-33-23-11-6-5-8-19(23)18-29-26(32)30-14-12-27(13-15-30)17-20(16-24(31)34-4-2)21-9-7-10-22(28)25(21)27;1-2-21-15(20)10-12-11-17(6-8-19-9-7-17)16-13(12)4-3-5-14(16)18;1-2-13-10-6-4-3-5-9(10)7-11-8-12/h5-11,20H,3-4,12-18H2,1-2H3,(H,29,32);3-5,12,19H,2,6-11H2,1H3;3-6H,2,7H2,1H3. The highest BCUT2D eigenvalue weighted by molar-refractivity contribution is 9.10. The number of hydrogen-bond acceptors (Lipinski definition) is 10. The van der Waals surface area contributed by atoms with Crippen LogP contribution in [0.2, 0.25) is 0 Å². The van der Waals surface area contributed by atoms with Crippen LogP contribution in [0.5, 0.6) is 11.5 Å². The van der Waals surface area contributed by atoms with Gasteiger partial charge in [-0.25, -0.2) is 14.6 Å². The van der Waals surface area contributed by atoms with Crippen LogP contribution in [0, 0.1) is 0 Å². The third-order valence-electron chi connectivity index (χ3n) is 13.6. The van der Waals surface area contributed by atoms with Gasteiger partial charge in [0, 0.05) is 45.1 Å². The molecule has 2 aliphatic carbocycles. The molecule has 2 N–H and O–H groups in total. The van der Waals surface area contributed by atoms with E-state index in [4.69, 9.17) is 18.9 Å². The molecule has 68 heavy (non-hydrogen) atoms. The van der Waals surface area contributed by atoms with Crippen LogP contribution in [0.4, 0.5) is 4.79 Å². The van der Waals surface area contributed by atoms with Crippen LogP contribution < -0.4 is 20.1 Å². The molecule has 2 aliphatic heterocycles. The number of nitrogens with one attached hydrogen (secondary N) is 2. The van der Waals surface area contributed by atoms with E-state index < -0.39 is 0 Å². The zero-order chi connectivity index (χ0) is 48.5. The number of aliphatic imine (C=N–C) groups is 1. The first-order valence-electron chi connectivity index (χ1n) is 24.1. The normalized spacial score (nSPS) is 18.1. The number of benzene rings is 4. The van der Waals surface area contributed by atoms with Crippen molar-refractivity contribution in [1.82, 2.24) is 15.5 Å². The highest BCUT2D eigenvalue weighted by atomic mass is 79.9. The minimum Gasteiger partial charge on any atom is -0.494 e. The zero-order valence-electron chi connectivity index (χ0n) is 39.9. The SMILES string of the molecule is CCOC(=O)CC1CC2(CCN(C(=O)NCc3ccccc3OCC)CC2)c2c(Br)cccc21.CCOC(=O)CC1CC2(CCNCC2)c2c(Br)cccc21.CCOc1ccccc1CN=C=O. The number of halogens is 2. The quantitative estimate of drug-likeness (QED) is 0.0716. The van der Waals surface area contributed by atoms with E-state index in [1.807, 2.05) is 87.2 Å². The van der Waals surface area contributed by atoms with Gasteiger partial charge in [0.1, 0.15) is 11.5 Å². The molecule has 2 heterocycles. The summed E-state index contributed by atoms with van der Waals surface area (Å²) in [7, 11) is 0. The van der Waals surface area contributed by atoms with Crippen molar-refractivity contribution in [3.8, 4) is 11.5 Å². The molecule has 0 radical (unpaired) electrons. The van der Waals surface area contributed by atoms with Crippen LogP contribution in [0.1, 0.15) is 124 Å². The Hall–Kier alpha value is -5.01.